The molecule has 0 aromatic carbocycles. The SMILES string of the molecule is CC(O)CC(C)NC(=O)c1nnc(Cl)s1. The van der Waals surface area contributed by atoms with E-state index in [-0.39, 0.29) is 21.4 Å². The Morgan fingerprint density at radius 3 is 2.73 bits per heavy atom. The van der Waals surface area contributed by atoms with Crippen molar-refractivity contribution >= 4 is 28.8 Å². The van der Waals surface area contributed by atoms with Crippen molar-refractivity contribution in [2.24, 2.45) is 0 Å². The van der Waals surface area contributed by atoms with Gasteiger partial charge in [-0.3, -0.25) is 4.79 Å². The van der Waals surface area contributed by atoms with E-state index in [0.29, 0.717) is 6.42 Å². The van der Waals surface area contributed by atoms with Crippen LogP contribution < -0.4 is 5.32 Å². The molecule has 15 heavy (non-hydrogen) atoms. The Labute approximate surface area is 96.5 Å². The zero-order valence-electron chi connectivity index (χ0n) is 8.40. The highest BCUT2D eigenvalue weighted by Gasteiger charge is 2.15. The Hall–Kier alpha value is -0.720. The average Bonchev–Trinajstić information content (AvgIpc) is 2.49. The predicted octanol–water partition coefficient (Wildman–Crippen LogP) is 1.08. The van der Waals surface area contributed by atoms with Crippen LogP contribution in [-0.4, -0.2) is 33.4 Å². The van der Waals surface area contributed by atoms with Crippen LogP contribution in [0.4, 0.5) is 0 Å². The highest BCUT2D eigenvalue weighted by molar-refractivity contribution is 7.17. The first-order valence-corrected chi connectivity index (χ1v) is 5.66. The minimum atomic E-state index is -0.446. The highest BCUT2D eigenvalue weighted by atomic mass is 35.5. The summed E-state index contributed by atoms with van der Waals surface area (Å²) in [5.41, 5.74) is 0. The van der Waals surface area contributed by atoms with Gasteiger partial charge in [0, 0.05) is 6.04 Å². The minimum Gasteiger partial charge on any atom is -0.393 e. The number of aromatic nitrogens is 2. The fourth-order valence-corrected chi connectivity index (χ4v) is 1.88. The van der Waals surface area contributed by atoms with Gasteiger partial charge in [0.25, 0.3) is 5.91 Å². The van der Waals surface area contributed by atoms with Crippen LogP contribution >= 0.6 is 22.9 Å². The molecule has 0 saturated carbocycles. The lowest BCUT2D eigenvalue weighted by Crippen LogP contribution is -2.34. The van der Waals surface area contributed by atoms with Crippen molar-refractivity contribution in [3.63, 3.8) is 0 Å². The molecule has 1 amide bonds. The molecule has 5 nitrogen and oxygen atoms in total. The Kier molecular flexibility index (Phi) is 4.44. The van der Waals surface area contributed by atoms with Gasteiger partial charge in [-0.05, 0) is 31.9 Å². The van der Waals surface area contributed by atoms with E-state index in [4.69, 9.17) is 16.7 Å². The van der Waals surface area contributed by atoms with E-state index in [9.17, 15) is 4.79 Å². The number of nitrogens with one attached hydrogen (secondary N) is 1. The van der Waals surface area contributed by atoms with Crippen LogP contribution in [0.25, 0.3) is 0 Å². The number of rotatable bonds is 4. The van der Waals surface area contributed by atoms with Crippen LogP contribution in [0.3, 0.4) is 0 Å². The summed E-state index contributed by atoms with van der Waals surface area (Å²) < 4.78 is 0.239. The third-order valence-electron chi connectivity index (χ3n) is 1.67. The number of carbonyl (C=O) groups excluding carboxylic acids is 1. The number of amides is 1. The first kappa shape index (κ1) is 12.4. The van der Waals surface area contributed by atoms with Crippen LogP contribution in [-0.2, 0) is 0 Å². The van der Waals surface area contributed by atoms with Crippen molar-refractivity contribution in [2.45, 2.75) is 32.4 Å². The fourth-order valence-electron chi connectivity index (χ4n) is 1.15. The van der Waals surface area contributed by atoms with Crippen LogP contribution in [0, 0.1) is 0 Å². The zero-order chi connectivity index (χ0) is 11.4. The van der Waals surface area contributed by atoms with Gasteiger partial charge in [0.05, 0.1) is 6.10 Å². The van der Waals surface area contributed by atoms with E-state index < -0.39 is 6.10 Å². The number of nitrogens with zero attached hydrogens (tertiary/aromatic N) is 2. The van der Waals surface area contributed by atoms with Crippen LogP contribution in [0.5, 0.6) is 0 Å². The molecule has 1 aromatic heterocycles. The van der Waals surface area contributed by atoms with E-state index in [1.165, 1.54) is 0 Å². The average molecular weight is 250 g/mol. The van der Waals surface area contributed by atoms with Crippen molar-refractivity contribution in [1.29, 1.82) is 0 Å². The second-order valence-electron chi connectivity index (χ2n) is 3.32. The van der Waals surface area contributed by atoms with Gasteiger partial charge in [0.15, 0.2) is 0 Å². The molecule has 0 radical (unpaired) electrons. The normalized spacial score (nSPS) is 14.7. The number of halogens is 1. The molecular weight excluding hydrogens is 238 g/mol. The lowest BCUT2D eigenvalue weighted by Gasteiger charge is -2.13. The zero-order valence-corrected chi connectivity index (χ0v) is 9.97. The second-order valence-corrected chi connectivity index (χ2v) is 4.88. The van der Waals surface area contributed by atoms with Crippen molar-refractivity contribution < 1.29 is 9.90 Å². The van der Waals surface area contributed by atoms with E-state index in [1.54, 1.807) is 6.92 Å². The highest BCUT2D eigenvalue weighted by Crippen LogP contribution is 2.14. The second kappa shape index (κ2) is 5.39. The molecule has 0 bridgehead atoms. The minimum absolute atomic E-state index is 0.111. The molecule has 2 atom stereocenters. The van der Waals surface area contributed by atoms with Crippen molar-refractivity contribution in [2.75, 3.05) is 0 Å². The Morgan fingerprint density at radius 2 is 2.27 bits per heavy atom. The summed E-state index contributed by atoms with van der Waals surface area (Å²) in [5, 5.41) is 19.2. The van der Waals surface area contributed by atoms with Crippen LogP contribution in [0.2, 0.25) is 4.47 Å². The molecule has 2 N–H and O–H groups in total. The van der Waals surface area contributed by atoms with Gasteiger partial charge in [0.1, 0.15) is 0 Å². The Bertz CT molecular complexity index is 342. The molecule has 2 unspecified atom stereocenters. The maximum atomic E-state index is 11.5. The monoisotopic (exact) mass is 249 g/mol. The summed E-state index contributed by atoms with van der Waals surface area (Å²) in [6.45, 7) is 3.48. The molecule has 1 rings (SSSR count). The topological polar surface area (TPSA) is 75.1 Å². The molecule has 84 valence electrons. The van der Waals surface area contributed by atoms with E-state index in [1.807, 2.05) is 6.92 Å². The molecule has 7 heteroatoms. The molecule has 0 spiro atoms. The molecule has 0 fully saturated rings. The molecule has 1 heterocycles. The molecule has 1 aromatic rings. The van der Waals surface area contributed by atoms with Gasteiger partial charge >= 0.3 is 0 Å². The molecule has 0 saturated heterocycles. The number of hydrogen-bond acceptors (Lipinski definition) is 5. The third kappa shape index (κ3) is 4.11. The summed E-state index contributed by atoms with van der Waals surface area (Å²) in [6.07, 6.45) is 0.0523. The van der Waals surface area contributed by atoms with E-state index in [2.05, 4.69) is 15.5 Å². The molecular formula is C8H12ClN3O2S. The van der Waals surface area contributed by atoms with Crippen molar-refractivity contribution in [3.05, 3.63) is 9.47 Å². The quantitative estimate of drug-likeness (QED) is 0.837. The van der Waals surface area contributed by atoms with Crippen molar-refractivity contribution in [3.8, 4) is 0 Å². The fraction of sp³-hybridized carbons (Fsp3) is 0.625. The largest absolute Gasteiger partial charge is 0.393 e. The van der Waals surface area contributed by atoms with Gasteiger partial charge < -0.3 is 10.4 Å². The predicted molar refractivity (Wildman–Crippen MR) is 58.1 cm³/mol. The van der Waals surface area contributed by atoms with Gasteiger partial charge in [-0.1, -0.05) is 11.3 Å². The third-order valence-corrected chi connectivity index (χ3v) is 2.68. The summed E-state index contributed by atoms with van der Waals surface area (Å²) in [4.78, 5) is 11.5. The lowest BCUT2D eigenvalue weighted by molar-refractivity contribution is 0.0922. The lowest BCUT2D eigenvalue weighted by atomic mass is 10.1. The molecule has 0 aliphatic carbocycles. The maximum absolute atomic E-state index is 11.5. The summed E-state index contributed by atoms with van der Waals surface area (Å²) >= 11 is 6.58. The first-order valence-electron chi connectivity index (χ1n) is 4.47. The van der Waals surface area contributed by atoms with Gasteiger partial charge in [-0.15, -0.1) is 10.2 Å². The smallest absolute Gasteiger partial charge is 0.282 e. The number of aliphatic hydroxyl groups is 1. The number of aliphatic hydroxyl groups excluding tert-OH is 1. The maximum Gasteiger partial charge on any atom is 0.282 e. The van der Waals surface area contributed by atoms with E-state index >= 15 is 0 Å². The summed E-state index contributed by atoms with van der Waals surface area (Å²) in [5.74, 6) is -0.312. The van der Waals surface area contributed by atoms with Crippen LogP contribution in [0.1, 0.15) is 30.1 Å². The Balaban J connectivity index is 2.49. The van der Waals surface area contributed by atoms with Gasteiger partial charge in [0.2, 0.25) is 9.47 Å². The first-order chi connectivity index (χ1) is 6.99. The Morgan fingerprint density at radius 1 is 1.60 bits per heavy atom. The van der Waals surface area contributed by atoms with Gasteiger partial charge in [-0.2, -0.15) is 0 Å². The number of carbonyl (C=O) groups is 1. The summed E-state index contributed by atoms with van der Waals surface area (Å²) in [7, 11) is 0. The molecule has 0 aliphatic rings. The number of hydrogen-bond donors (Lipinski definition) is 2. The summed E-state index contributed by atoms with van der Waals surface area (Å²) in [6, 6.07) is -0.111. The van der Waals surface area contributed by atoms with Crippen molar-refractivity contribution in [1.82, 2.24) is 15.5 Å². The van der Waals surface area contributed by atoms with E-state index in [0.717, 1.165) is 11.3 Å². The molecule has 0 aliphatic heterocycles. The standard InChI is InChI=1S/C8H12ClN3O2S/c1-4(3-5(2)13)10-6(14)7-11-12-8(9)15-7/h4-5,13H,3H2,1-2H3,(H,10,14). The van der Waals surface area contributed by atoms with Gasteiger partial charge in [-0.25, -0.2) is 0 Å². The van der Waals surface area contributed by atoms with Crippen LogP contribution in [0.15, 0.2) is 0 Å².